The maximum Gasteiger partial charge on any atom is 0.100 e. The summed E-state index contributed by atoms with van der Waals surface area (Å²) < 4.78 is 2.99. The van der Waals surface area contributed by atoms with E-state index >= 15 is 0 Å². The van der Waals surface area contributed by atoms with Crippen molar-refractivity contribution in [1.82, 2.24) is 15.0 Å². The van der Waals surface area contributed by atoms with Crippen molar-refractivity contribution in [1.29, 1.82) is 0 Å². The minimum atomic E-state index is -0.0664. The zero-order chi connectivity index (χ0) is 13.3. The van der Waals surface area contributed by atoms with Gasteiger partial charge in [-0.25, -0.2) is 4.68 Å². The first kappa shape index (κ1) is 13.5. The molecule has 0 saturated carbocycles. The van der Waals surface area contributed by atoms with Crippen molar-refractivity contribution in [3.63, 3.8) is 0 Å². The Balaban J connectivity index is 2.32. The molecule has 0 amide bonds. The Morgan fingerprint density at radius 1 is 1.33 bits per heavy atom. The Bertz CT molecular complexity index is 548. The fourth-order valence-corrected chi connectivity index (χ4v) is 2.12. The number of aryl methyl sites for hydroxylation is 1. The van der Waals surface area contributed by atoms with Crippen molar-refractivity contribution < 1.29 is 0 Å². The van der Waals surface area contributed by atoms with Crippen molar-refractivity contribution in [3.8, 4) is 5.69 Å². The Morgan fingerprint density at radius 3 is 2.67 bits per heavy atom. The Labute approximate surface area is 121 Å². The van der Waals surface area contributed by atoms with E-state index < -0.39 is 0 Å². The molecule has 5 heteroatoms. The number of halogens is 1. The van der Waals surface area contributed by atoms with Crippen LogP contribution in [-0.2, 0) is 0 Å². The molecular weight excluding hydrogens is 339 g/mol. The van der Waals surface area contributed by atoms with Crippen LogP contribution in [0.15, 0.2) is 24.4 Å². The van der Waals surface area contributed by atoms with Gasteiger partial charge in [0, 0.05) is 3.57 Å². The molecule has 4 nitrogen and oxygen atoms in total. The molecule has 1 aromatic heterocycles. The molecule has 0 aliphatic rings. The van der Waals surface area contributed by atoms with E-state index in [9.17, 15) is 0 Å². The Kier molecular flexibility index (Phi) is 4.01. The first-order valence-electron chi connectivity index (χ1n) is 5.93. The molecule has 0 aliphatic heterocycles. The molecule has 1 unspecified atom stereocenters. The molecule has 0 bridgehead atoms. The number of hydrogen-bond acceptors (Lipinski definition) is 3. The average molecular weight is 356 g/mol. The zero-order valence-corrected chi connectivity index (χ0v) is 12.9. The van der Waals surface area contributed by atoms with Crippen molar-refractivity contribution in [3.05, 3.63) is 39.2 Å². The average Bonchev–Trinajstić information content (AvgIpc) is 2.81. The number of hydrogen-bond donors (Lipinski definition) is 1. The summed E-state index contributed by atoms with van der Waals surface area (Å²) in [5.41, 5.74) is 9.18. The Hall–Kier alpha value is -0.950. The molecule has 1 atom stereocenters. The van der Waals surface area contributed by atoms with Gasteiger partial charge in [0.15, 0.2) is 0 Å². The van der Waals surface area contributed by atoms with Gasteiger partial charge in [0.1, 0.15) is 5.69 Å². The van der Waals surface area contributed by atoms with Gasteiger partial charge in [0.05, 0.1) is 17.9 Å². The second-order valence-corrected chi connectivity index (χ2v) is 5.95. The minimum Gasteiger partial charge on any atom is -0.322 e. The van der Waals surface area contributed by atoms with Gasteiger partial charge in [-0.2, -0.15) is 0 Å². The Morgan fingerprint density at radius 2 is 2.06 bits per heavy atom. The topological polar surface area (TPSA) is 56.7 Å². The van der Waals surface area contributed by atoms with Crippen LogP contribution < -0.4 is 5.73 Å². The molecule has 96 valence electrons. The molecule has 0 aliphatic carbocycles. The number of aromatic nitrogens is 3. The van der Waals surface area contributed by atoms with Crippen LogP contribution in [0.5, 0.6) is 0 Å². The zero-order valence-electron chi connectivity index (χ0n) is 10.8. The summed E-state index contributed by atoms with van der Waals surface area (Å²) in [6.45, 7) is 6.25. The van der Waals surface area contributed by atoms with Crippen molar-refractivity contribution >= 4 is 22.6 Å². The standard InChI is InChI=1S/C13H17IN4/c1-8(2)13(15)12-7-18(17-16-12)10-5-4-9(3)11(14)6-10/h4-8,13H,15H2,1-3H3. The molecule has 2 aromatic rings. The highest BCUT2D eigenvalue weighted by molar-refractivity contribution is 14.1. The largest absolute Gasteiger partial charge is 0.322 e. The van der Waals surface area contributed by atoms with Crippen LogP contribution in [-0.4, -0.2) is 15.0 Å². The third-order valence-corrected chi connectivity index (χ3v) is 4.15. The molecule has 18 heavy (non-hydrogen) atoms. The van der Waals surface area contributed by atoms with Gasteiger partial charge in [-0.15, -0.1) is 5.10 Å². The first-order chi connectivity index (χ1) is 8.49. The lowest BCUT2D eigenvalue weighted by Gasteiger charge is -2.11. The van der Waals surface area contributed by atoms with Crippen LogP contribution in [0, 0.1) is 16.4 Å². The van der Waals surface area contributed by atoms with Crippen LogP contribution in [0.3, 0.4) is 0 Å². The third-order valence-electron chi connectivity index (χ3n) is 2.99. The van der Waals surface area contributed by atoms with Crippen molar-refractivity contribution in [2.75, 3.05) is 0 Å². The summed E-state index contributed by atoms with van der Waals surface area (Å²) in [5, 5.41) is 8.30. The lowest BCUT2D eigenvalue weighted by molar-refractivity contribution is 0.502. The quantitative estimate of drug-likeness (QED) is 0.861. The van der Waals surface area contributed by atoms with Gasteiger partial charge < -0.3 is 5.73 Å². The predicted octanol–water partition coefficient (Wildman–Crippen LogP) is 2.84. The van der Waals surface area contributed by atoms with E-state index in [1.165, 1.54) is 9.13 Å². The maximum atomic E-state index is 6.07. The highest BCUT2D eigenvalue weighted by Crippen LogP contribution is 2.19. The minimum absolute atomic E-state index is 0.0664. The van der Waals surface area contributed by atoms with E-state index in [-0.39, 0.29) is 6.04 Å². The highest BCUT2D eigenvalue weighted by atomic mass is 127. The smallest absolute Gasteiger partial charge is 0.100 e. The molecular formula is C13H17IN4. The number of rotatable bonds is 3. The van der Waals surface area contributed by atoms with Crippen LogP contribution >= 0.6 is 22.6 Å². The second-order valence-electron chi connectivity index (χ2n) is 4.79. The maximum absolute atomic E-state index is 6.07. The van der Waals surface area contributed by atoms with Gasteiger partial charge >= 0.3 is 0 Å². The molecule has 1 heterocycles. The summed E-state index contributed by atoms with van der Waals surface area (Å²) in [6, 6.07) is 6.15. The molecule has 1 aromatic carbocycles. The summed E-state index contributed by atoms with van der Waals surface area (Å²) in [6.07, 6.45) is 1.91. The third kappa shape index (κ3) is 2.72. The lowest BCUT2D eigenvalue weighted by atomic mass is 10.0. The second kappa shape index (κ2) is 5.36. The van der Waals surface area contributed by atoms with Gasteiger partial charge in [-0.3, -0.25) is 0 Å². The number of nitrogens with zero attached hydrogens (tertiary/aromatic N) is 3. The van der Waals surface area contributed by atoms with E-state index in [1.807, 2.05) is 12.3 Å². The van der Waals surface area contributed by atoms with E-state index in [0.29, 0.717) is 5.92 Å². The summed E-state index contributed by atoms with van der Waals surface area (Å²) in [4.78, 5) is 0. The molecule has 0 saturated heterocycles. The van der Waals surface area contributed by atoms with Crippen molar-refractivity contribution in [2.24, 2.45) is 11.7 Å². The van der Waals surface area contributed by atoms with Crippen LogP contribution in [0.4, 0.5) is 0 Å². The summed E-state index contributed by atoms with van der Waals surface area (Å²) in [7, 11) is 0. The van der Waals surface area contributed by atoms with E-state index in [2.05, 4.69) is 65.8 Å². The van der Waals surface area contributed by atoms with Crippen LogP contribution in [0.25, 0.3) is 5.69 Å². The molecule has 0 fully saturated rings. The molecule has 0 spiro atoms. The SMILES string of the molecule is Cc1ccc(-n2cc(C(N)C(C)C)nn2)cc1I. The lowest BCUT2D eigenvalue weighted by Crippen LogP contribution is -2.17. The van der Waals surface area contributed by atoms with E-state index in [4.69, 9.17) is 5.73 Å². The van der Waals surface area contributed by atoms with Crippen LogP contribution in [0.2, 0.25) is 0 Å². The molecule has 2 N–H and O–H groups in total. The predicted molar refractivity (Wildman–Crippen MR) is 80.6 cm³/mol. The van der Waals surface area contributed by atoms with Crippen LogP contribution in [0.1, 0.15) is 31.1 Å². The number of benzene rings is 1. The summed E-state index contributed by atoms with van der Waals surface area (Å²) >= 11 is 2.32. The normalized spacial score (nSPS) is 13.0. The summed E-state index contributed by atoms with van der Waals surface area (Å²) in [5.74, 6) is 0.355. The van der Waals surface area contributed by atoms with Gasteiger partial charge in [0.2, 0.25) is 0 Å². The highest BCUT2D eigenvalue weighted by Gasteiger charge is 2.14. The number of nitrogens with two attached hydrogens (primary N) is 1. The molecule has 0 radical (unpaired) electrons. The molecule has 2 rings (SSSR count). The van der Waals surface area contributed by atoms with Gasteiger partial charge in [-0.1, -0.05) is 25.1 Å². The van der Waals surface area contributed by atoms with Gasteiger partial charge in [0.25, 0.3) is 0 Å². The van der Waals surface area contributed by atoms with E-state index in [0.717, 1.165) is 11.4 Å². The van der Waals surface area contributed by atoms with Gasteiger partial charge in [-0.05, 0) is 53.1 Å². The van der Waals surface area contributed by atoms with E-state index in [1.54, 1.807) is 4.68 Å². The monoisotopic (exact) mass is 356 g/mol. The van der Waals surface area contributed by atoms with Crippen molar-refractivity contribution in [2.45, 2.75) is 26.8 Å². The first-order valence-corrected chi connectivity index (χ1v) is 7.01. The fourth-order valence-electron chi connectivity index (χ4n) is 1.62. The fraction of sp³-hybridized carbons (Fsp3) is 0.385.